The van der Waals surface area contributed by atoms with E-state index in [9.17, 15) is 8.42 Å². The summed E-state index contributed by atoms with van der Waals surface area (Å²) in [7, 11) is -2.91. The molecule has 1 aromatic rings. The number of ether oxygens (including phenoxy) is 1. The lowest BCUT2D eigenvalue weighted by Crippen LogP contribution is -2.19. The zero-order valence-electron chi connectivity index (χ0n) is 13.5. The fourth-order valence-electron chi connectivity index (χ4n) is 1.99. The summed E-state index contributed by atoms with van der Waals surface area (Å²) < 4.78 is 27.9. The van der Waals surface area contributed by atoms with E-state index in [1.54, 1.807) is 0 Å². The van der Waals surface area contributed by atoms with E-state index >= 15 is 0 Å². The topological polar surface area (TPSA) is 55.4 Å². The highest BCUT2D eigenvalue weighted by atomic mass is 32.2. The molecule has 0 heterocycles. The van der Waals surface area contributed by atoms with Crippen molar-refractivity contribution in [2.45, 2.75) is 33.7 Å². The molecule has 0 fully saturated rings. The molecule has 0 aliphatic rings. The van der Waals surface area contributed by atoms with Crippen molar-refractivity contribution < 1.29 is 13.2 Å². The molecule has 0 aromatic heterocycles. The molecule has 0 bridgehead atoms. The lowest BCUT2D eigenvalue weighted by Gasteiger charge is -2.14. The SMILES string of the molecule is Cc1ccc(OCCCS(C)(=O)=O)c(CNCC(C)C)c1. The Morgan fingerprint density at radius 2 is 2.00 bits per heavy atom. The van der Waals surface area contributed by atoms with Crippen molar-refractivity contribution in [2.75, 3.05) is 25.2 Å². The van der Waals surface area contributed by atoms with E-state index in [0.717, 1.165) is 24.4 Å². The molecule has 0 aliphatic carbocycles. The van der Waals surface area contributed by atoms with Crippen molar-refractivity contribution in [3.8, 4) is 5.75 Å². The third-order valence-corrected chi connectivity index (χ3v) is 4.03. The first-order chi connectivity index (χ1) is 9.78. The predicted octanol–water partition coefficient (Wildman–Crippen LogP) is 2.55. The summed E-state index contributed by atoms with van der Waals surface area (Å²) in [5, 5.41) is 3.41. The molecule has 0 atom stereocenters. The molecule has 0 aliphatic heterocycles. The lowest BCUT2D eigenvalue weighted by molar-refractivity contribution is 0.313. The van der Waals surface area contributed by atoms with Crippen molar-refractivity contribution in [1.29, 1.82) is 0 Å². The third kappa shape index (κ3) is 8.07. The Balaban J connectivity index is 2.55. The maximum Gasteiger partial charge on any atom is 0.147 e. The van der Waals surface area contributed by atoms with Crippen LogP contribution in [0.1, 0.15) is 31.4 Å². The second-order valence-corrected chi connectivity index (χ2v) is 8.23. The minimum absolute atomic E-state index is 0.166. The average molecular weight is 313 g/mol. The molecule has 1 rings (SSSR count). The zero-order valence-corrected chi connectivity index (χ0v) is 14.3. The van der Waals surface area contributed by atoms with Gasteiger partial charge in [0.15, 0.2) is 0 Å². The molecule has 0 saturated heterocycles. The molecule has 0 unspecified atom stereocenters. The van der Waals surface area contributed by atoms with Gasteiger partial charge in [-0.05, 0) is 31.9 Å². The monoisotopic (exact) mass is 313 g/mol. The molecule has 0 amide bonds. The Bertz CT molecular complexity index is 538. The second kappa shape index (κ2) is 8.39. The quantitative estimate of drug-likeness (QED) is 0.712. The number of hydrogen-bond acceptors (Lipinski definition) is 4. The van der Waals surface area contributed by atoms with E-state index < -0.39 is 9.84 Å². The van der Waals surface area contributed by atoms with Crippen molar-refractivity contribution in [2.24, 2.45) is 5.92 Å². The molecule has 0 radical (unpaired) electrons. The van der Waals surface area contributed by atoms with Crippen LogP contribution in [0.2, 0.25) is 0 Å². The maximum atomic E-state index is 11.1. The van der Waals surface area contributed by atoms with Gasteiger partial charge in [-0.2, -0.15) is 0 Å². The Kier molecular flexibility index (Phi) is 7.18. The molecule has 0 spiro atoms. The van der Waals surface area contributed by atoms with E-state index in [0.29, 0.717) is 18.9 Å². The highest BCUT2D eigenvalue weighted by Gasteiger charge is 2.06. The summed E-state index contributed by atoms with van der Waals surface area (Å²) in [6, 6.07) is 6.08. The fraction of sp³-hybridized carbons (Fsp3) is 0.625. The first kappa shape index (κ1) is 18.0. The molecule has 1 N–H and O–H groups in total. The molecule has 21 heavy (non-hydrogen) atoms. The summed E-state index contributed by atoms with van der Waals surface area (Å²) in [4.78, 5) is 0. The zero-order chi connectivity index (χ0) is 15.9. The van der Waals surface area contributed by atoms with Gasteiger partial charge in [-0.3, -0.25) is 0 Å². The van der Waals surface area contributed by atoms with Gasteiger partial charge in [0.2, 0.25) is 0 Å². The van der Waals surface area contributed by atoms with Crippen LogP contribution in [0.4, 0.5) is 0 Å². The summed E-state index contributed by atoms with van der Waals surface area (Å²) in [5.41, 5.74) is 2.31. The van der Waals surface area contributed by atoms with Crippen molar-refractivity contribution >= 4 is 9.84 Å². The van der Waals surface area contributed by atoms with Gasteiger partial charge in [0, 0.05) is 18.4 Å². The fourth-order valence-corrected chi connectivity index (χ4v) is 2.63. The molecule has 0 saturated carbocycles. The standard InChI is InChI=1S/C16H27NO3S/c1-13(2)11-17-12-15-10-14(3)6-7-16(15)20-8-5-9-21(4,18)19/h6-7,10,13,17H,5,8-9,11-12H2,1-4H3. The van der Waals surface area contributed by atoms with Gasteiger partial charge in [-0.25, -0.2) is 8.42 Å². The van der Waals surface area contributed by atoms with Crippen LogP contribution in [0, 0.1) is 12.8 Å². The van der Waals surface area contributed by atoms with E-state index in [1.807, 2.05) is 12.1 Å². The van der Waals surface area contributed by atoms with Gasteiger partial charge in [0.1, 0.15) is 15.6 Å². The van der Waals surface area contributed by atoms with Crippen LogP contribution >= 0.6 is 0 Å². The van der Waals surface area contributed by atoms with Gasteiger partial charge in [-0.1, -0.05) is 31.5 Å². The van der Waals surface area contributed by atoms with Crippen LogP contribution in [-0.4, -0.2) is 33.6 Å². The largest absolute Gasteiger partial charge is 0.493 e. The van der Waals surface area contributed by atoms with Crippen molar-refractivity contribution in [3.63, 3.8) is 0 Å². The molecular weight excluding hydrogens is 286 g/mol. The second-order valence-electron chi connectivity index (χ2n) is 5.97. The Labute approximate surface area is 128 Å². The summed E-state index contributed by atoms with van der Waals surface area (Å²) >= 11 is 0. The van der Waals surface area contributed by atoms with E-state index in [2.05, 4.69) is 32.2 Å². The number of rotatable bonds is 9. The van der Waals surface area contributed by atoms with E-state index in [1.165, 1.54) is 11.8 Å². The summed E-state index contributed by atoms with van der Waals surface area (Å²) in [6.45, 7) is 8.55. The molecule has 5 heteroatoms. The number of nitrogens with one attached hydrogen (secondary N) is 1. The number of hydrogen-bond donors (Lipinski definition) is 1. The smallest absolute Gasteiger partial charge is 0.147 e. The first-order valence-corrected chi connectivity index (χ1v) is 9.45. The Morgan fingerprint density at radius 3 is 2.62 bits per heavy atom. The highest BCUT2D eigenvalue weighted by Crippen LogP contribution is 2.20. The maximum absolute atomic E-state index is 11.1. The minimum atomic E-state index is -2.91. The molecular formula is C16H27NO3S. The van der Waals surface area contributed by atoms with Crippen molar-refractivity contribution in [3.05, 3.63) is 29.3 Å². The van der Waals surface area contributed by atoms with Crippen LogP contribution in [-0.2, 0) is 16.4 Å². The number of aryl methyl sites for hydroxylation is 1. The Morgan fingerprint density at radius 1 is 1.29 bits per heavy atom. The van der Waals surface area contributed by atoms with Gasteiger partial charge < -0.3 is 10.1 Å². The average Bonchev–Trinajstić information content (AvgIpc) is 2.35. The van der Waals surface area contributed by atoms with E-state index in [4.69, 9.17) is 4.74 Å². The van der Waals surface area contributed by atoms with Crippen LogP contribution < -0.4 is 10.1 Å². The normalized spacial score (nSPS) is 11.9. The van der Waals surface area contributed by atoms with Crippen LogP contribution in [0.15, 0.2) is 18.2 Å². The molecule has 1 aromatic carbocycles. The summed E-state index contributed by atoms with van der Waals surface area (Å²) in [6.07, 6.45) is 1.77. The van der Waals surface area contributed by atoms with Gasteiger partial charge >= 0.3 is 0 Å². The van der Waals surface area contributed by atoms with Crippen molar-refractivity contribution in [1.82, 2.24) is 5.32 Å². The van der Waals surface area contributed by atoms with Gasteiger partial charge in [0.05, 0.1) is 12.4 Å². The van der Waals surface area contributed by atoms with Crippen LogP contribution in [0.5, 0.6) is 5.75 Å². The highest BCUT2D eigenvalue weighted by molar-refractivity contribution is 7.90. The lowest BCUT2D eigenvalue weighted by atomic mass is 10.1. The van der Waals surface area contributed by atoms with Gasteiger partial charge in [0.25, 0.3) is 0 Å². The third-order valence-electron chi connectivity index (χ3n) is 3.00. The number of sulfone groups is 1. The van der Waals surface area contributed by atoms with E-state index in [-0.39, 0.29) is 5.75 Å². The molecule has 120 valence electrons. The first-order valence-electron chi connectivity index (χ1n) is 7.38. The van der Waals surface area contributed by atoms with Crippen LogP contribution in [0.3, 0.4) is 0 Å². The Hall–Kier alpha value is -1.07. The minimum Gasteiger partial charge on any atom is -0.493 e. The summed E-state index contributed by atoms with van der Waals surface area (Å²) in [5.74, 6) is 1.61. The number of benzene rings is 1. The van der Waals surface area contributed by atoms with Crippen LogP contribution in [0.25, 0.3) is 0 Å². The van der Waals surface area contributed by atoms with Gasteiger partial charge in [-0.15, -0.1) is 0 Å². The predicted molar refractivity (Wildman–Crippen MR) is 87.5 cm³/mol. The molecule has 4 nitrogen and oxygen atoms in total.